The van der Waals surface area contributed by atoms with Crippen LogP contribution in [0.15, 0.2) is 0 Å². The summed E-state index contributed by atoms with van der Waals surface area (Å²) < 4.78 is 5.83. The molecule has 30 heavy (non-hydrogen) atoms. The van der Waals surface area contributed by atoms with Gasteiger partial charge in [0.25, 0.3) is 0 Å². The van der Waals surface area contributed by atoms with Crippen LogP contribution in [-0.2, 0) is 9.53 Å². The number of fused-ring (bicyclic) bond motifs is 5. The Morgan fingerprint density at radius 1 is 1.10 bits per heavy atom. The highest BCUT2D eigenvalue weighted by molar-refractivity contribution is 5.84. The van der Waals surface area contributed by atoms with Crippen LogP contribution in [0.25, 0.3) is 0 Å². The quantitative estimate of drug-likeness (QED) is 0.716. The van der Waals surface area contributed by atoms with E-state index >= 15 is 0 Å². The van der Waals surface area contributed by atoms with Gasteiger partial charge in [-0.15, -0.1) is 0 Å². The molecule has 0 spiro atoms. The first-order valence-electron chi connectivity index (χ1n) is 12.3. The van der Waals surface area contributed by atoms with Crippen LogP contribution in [0, 0.1) is 29.1 Å². The average molecular weight is 419 g/mol. The van der Waals surface area contributed by atoms with E-state index in [0.717, 1.165) is 31.7 Å². The number of carbonyl (C=O) groups excluding carboxylic acids is 2. The van der Waals surface area contributed by atoms with E-state index in [2.05, 4.69) is 37.9 Å². The van der Waals surface area contributed by atoms with Gasteiger partial charge in [-0.05, 0) is 103 Å². The van der Waals surface area contributed by atoms with Crippen LogP contribution >= 0.6 is 0 Å². The molecular weight excluding hydrogens is 376 g/mol. The number of alkyl carbamates (subject to hydrolysis) is 1. The molecule has 2 saturated carbocycles. The molecule has 4 fully saturated rings. The maximum atomic E-state index is 12.4. The van der Waals surface area contributed by atoms with Crippen LogP contribution in [0.3, 0.4) is 0 Å². The van der Waals surface area contributed by atoms with Crippen molar-refractivity contribution >= 4 is 11.9 Å². The predicted octanol–water partition coefficient (Wildman–Crippen LogP) is 4.78. The molecule has 0 aromatic carbocycles. The second kappa shape index (κ2) is 7.79. The van der Waals surface area contributed by atoms with Gasteiger partial charge >= 0.3 is 6.09 Å². The van der Waals surface area contributed by atoms with Crippen LogP contribution in [-0.4, -0.2) is 47.0 Å². The molecule has 5 heteroatoms. The second-order valence-corrected chi connectivity index (χ2v) is 11.5. The van der Waals surface area contributed by atoms with Crippen molar-refractivity contribution in [3.63, 3.8) is 0 Å². The molecule has 0 aromatic rings. The molecule has 1 N–H and O–H groups in total. The molecule has 0 bridgehead atoms. The first-order valence-corrected chi connectivity index (χ1v) is 12.3. The van der Waals surface area contributed by atoms with Gasteiger partial charge in [0.15, 0.2) is 0 Å². The first-order chi connectivity index (χ1) is 14.1. The average Bonchev–Trinajstić information content (AvgIpc) is 3.01. The molecule has 0 radical (unpaired) electrons. The fourth-order valence-electron chi connectivity index (χ4n) is 8.28. The lowest BCUT2D eigenvalue weighted by molar-refractivity contribution is -0.155. The molecule has 5 nitrogen and oxygen atoms in total. The summed E-state index contributed by atoms with van der Waals surface area (Å²) in [7, 11) is 0. The van der Waals surface area contributed by atoms with Gasteiger partial charge in [-0.2, -0.15) is 0 Å². The van der Waals surface area contributed by atoms with Crippen LogP contribution in [0.5, 0.6) is 0 Å². The molecule has 2 aliphatic carbocycles. The number of ketones is 1. The molecule has 2 aliphatic heterocycles. The molecular formula is C25H42N2O3. The van der Waals surface area contributed by atoms with Gasteiger partial charge in [0.05, 0.1) is 6.04 Å². The van der Waals surface area contributed by atoms with E-state index < -0.39 is 0 Å². The maximum Gasteiger partial charge on any atom is 0.407 e. The third kappa shape index (κ3) is 3.40. The molecule has 2 unspecified atom stereocenters. The third-order valence-corrected chi connectivity index (χ3v) is 9.75. The molecule has 8 atom stereocenters. The lowest BCUT2D eigenvalue weighted by atomic mass is 9.51. The van der Waals surface area contributed by atoms with Crippen molar-refractivity contribution < 1.29 is 14.3 Å². The molecule has 170 valence electrons. The summed E-state index contributed by atoms with van der Waals surface area (Å²) in [6.07, 6.45) is 7.55. The maximum absolute atomic E-state index is 12.4. The second-order valence-electron chi connectivity index (χ2n) is 11.5. The van der Waals surface area contributed by atoms with Crippen molar-refractivity contribution in [2.45, 2.75) is 110 Å². The van der Waals surface area contributed by atoms with Crippen molar-refractivity contribution in [3.05, 3.63) is 0 Å². The smallest absolute Gasteiger partial charge is 0.407 e. The molecule has 1 amide bonds. The van der Waals surface area contributed by atoms with Gasteiger partial charge in [-0.1, -0.05) is 6.92 Å². The van der Waals surface area contributed by atoms with Gasteiger partial charge < -0.3 is 10.1 Å². The van der Waals surface area contributed by atoms with Crippen LogP contribution < -0.4 is 5.32 Å². The number of ether oxygens (including phenoxy) is 1. The van der Waals surface area contributed by atoms with Gasteiger partial charge in [0, 0.05) is 23.9 Å². The molecule has 2 saturated heterocycles. The molecule has 4 rings (SSSR count). The lowest BCUT2D eigenvalue weighted by Crippen LogP contribution is -2.67. The summed E-state index contributed by atoms with van der Waals surface area (Å²) in [6, 6.07) is 0.185. The number of nitrogens with one attached hydrogen (secondary N) is 1. The topological polar surface area (TPSA) is 58.6 Å². The minimum atomic E-state index is -0.278. The highest BCUT2D eigenvalue weighted by atomic mass is 16.6. The highest BCUT2D eigenvalue weighted by Gasteiger charge is 2.61. The minimum Gasteiger partial charge on any atom is -0.446 e. The number of rotatable bonds is 3. The van der Waals surface area contributed by atoms with Crippen LogP contribution in [0.4, 0.5) is 4.79 Å². The summed E-state index contributed by atoms with van der Waals surface area (Å²) in [5, 5.41) is 2.88. The Hall–Kier alpha value is -1.10. The predicted molar refractivity (Wildman–Crippen MR) is 118 cm³/mol. The van der Waals surface area contributed by atoms with E-state index in [0.29, 0.717) is 23.5 Å². The van der Waals surface area contributed by atoms with Crippen molar-refractivity contribution in [2.24, 2.45) is 29.1 Å². The van der Waals surface area contributed by atoms with Crippen molar-refractivity contribution in [3.8, 4) is 0 Å². The zero-order chi connectivity index (χ0) is 21.8. The Morgan fingerprint density at radius 2 is 1.83 bits per heavy atom. The van der Waals surface area contributed by atoms with Gasteiger partial charge in [0.1, 0.15) is 11.9 Å². The Balaban J connectivity index is 1.50. The van der Waals surface area contributed by atoms with E-state index in [1.165, 1.54) is 25.7 Å². The van der Waals surface area contributed by atoms with E-state index in [-0.39, 0.29) is 35.2 Å². The molecule has 2 heterocycles. The Labute approximate surface area is 182 Å². The van der Waals surface area contributed by atoms with E-state index in [4.69, 9.17) is 4.74 Å². The van der Waals surface area contributed by atoms with E-state index in [1.54, 1.807) is 0 Å². The van der Waals surface area contributed by atoms with Gasteiger partial charge in [-0.3, -0.25) is 9.69 Å². The number of amides is 1. The summed E-state index contributed by atoms with van der Waals surface area (Å²) in [5.41, 5.74) is 0.433. The monoisotopic (exact) mass is 418 g/mol. The number of hydrogen-bond donors (Lipinski definition) is 1. The Bertz CT molecular complexity index is 694. The zero-order valence-corrected chi connectivity index (χ0v) is 19.9. The summed E-state index contributed by atoms with van der Waals surface area (Å²) in [4.78, 5) is 27.1. The number of piperidine rings is 2. The van der Waals surface area contributed by atoms with Crippen LogP contribution in [0.1, 0.15) is 86.5 Å². The normalized spacial score (nSPS) is 44.8. The van der Waals surface area contributed by atoms with Gasteiger partial charge in [0.2, 0.25) is 0 Å². The zero-order valence-electron chi connectivity index (χ0n) is 19.9. The third-order valence-electron chi connectivity index (χ3n) is 9.75. The standard InChI is InChI=1S/C25H42N2O3/c1-15(2)26-23(29)30-17(4)19-7-8-20-18-11-14-27-16(3)22(28)10-13-25(27,6)21(18)9-12-24(19,20)5/h15-21H,7-14H2,1-6H3,(H,26,29)/t16?,17?,18-,19+,20-,21-,24+,25+/m0/s1. The van der Waals surface area contributed by atoms with Crippen molar-refractivity contribution in [2.75, 3.05) is 6.54 Å². The van der Waals surface area contributed by atoms with Gasteiger partial charge in [-0.25, -0.2) is 4.79 Å². The number of carbonyl (C=O) groups is 2. The number of hydrogen-bond acceptors (Lipinski definition) is 4. The molecule has 0 aromatic heterocycles. The van der Waals surface area contributed by atoms with E-state index in [1.807, 2.05) is 13.8 Å². The Morgan fingerprint density at radius 3 is 2.53 bits per heavy atom. The van der Waals surface area contributed by atoms with Crippen molar-refractivity contribution in [1.82, 2.24) is 10.2 Å². The molecule has 4 aliphatic rings. The largest absolute Gasteiger partial charge is 0.446 e. The number of nitrogens with zero attached hydrogens (tertiary/aromatic N) is 1. The van der Waals surface area contributed by atoms with E-state index in [9.17, 15) is 9.59 Å². The summed E-state index contributed by atoms with van der Waals surface area (Å²) in [6.45, 7) is 14.1. The first kappa shape index (κ1) is 22.1. The SMILES string of the molecule is CC(C)NC(=O)OC(C)[C@H]1CC[C@H]2[C@@H]3CCN4C(C)C(=O)CC[C@]4(C)[C@H]3CC[C@]12C. The Kier molecular flexibility index (Phi) is 5.74. The van der Waals surface area contributed by atoms with Crippen molar-refractivity contribution in [1.29, 1.82) is 0 Å². The van der Waals surface area contributed by atoms with Crippen LogP contribution in [0.2, 0.25) is 0 Å². The summed E-state index contributed by atoms with van der Waals surface area (Å²) >= 11 is 0. The minimum absolute atomic E-state index is 0.0432. The summed E-state index contributed by atoms with van der Waals surface area (Å²) in [5.74, 6) is 3.02. The lowest BCUT2D eigenvalue weighted by Gasteiger charge is -2.62. The fraction of sp³-hybridized carbons (Fsp3) is 0.920. The highest BCUT2D eigenvalue weighted by Crippen LogP contribution is 2.64. The fourth-order valence-corrected chi connectivity index (χ4v) is 8.28. The number of Topliss-reactive ketones (excluding diaryl/α,β-unsaturated/α-hetero) is 1.